The number of anilines is 1. The number of hydrogen-bond acceptors (Lipinski definition) is 4. The molecule has 2 amide bonds. The van der Waals surface area contributed by atoms with Crippen molar-refractivity contribution in [1.29, 1.82) is 0 Å². The minimum atomic E-state index is -3.67. The van der Waals surface area contributed by atoms with Crippen molar-refractivity contribution in [2.45, 2.75) is 82.3 Å². The molecule has 1 heterocycles. The fourth-order valence-electron chi connectivity index (χ4n) is 5.76. The molecule has 8 heteroatoms. The van der Waals surface area contributed by atoms with Gasteiger partial charge in [0.15, 0.2) is 0 Å². The average Bonchev–Trinajstić information content (AvgIpc) is 3.16. The van der Waals surface area contributed by atoms with E-state index >= 15 is 0 Å². The largest absolute Gasteiger partial charge is 0.352 e. The summed E-state index contributed by atoms with van der Waals surface area (Å²) in [4.78, 5) is 28.7. The summed E-state index contributed by atoms with van der Waals surface area (Å²) in [6.45, 7) is 4.32. The van der Waals surface area contributed by atoms with Gasteiger partial charge >= 0.3 is 0 Å². The van der Waals surface area contributed by atoms with Crippen LogP contribution in [0.15, 0.2) is 65.6 Å². The van der Waals surface area contributed by atoms with Gasteiger partial charge in [-0.15, -0.1) is 0 Å². The van der Waals surface area contributed by atoms with Gasteiger partial charge in [-0.25, -0.2) is 8.42 Å². The molecule has 1 atom stereocenters. The monoisotopic (exact) mass is 547 g/mol. The van der Waals surface area contributed by atoms with E-state index in [-0.39, 0.29) is 30.8 Å². The lowest BCUT2D eigenvalue weighted by molar-refractivity contribution is -0.141. The molecule has 7 nitrogen and oxygen atoms in total. The third-order valence-electron chi connectivity index (χ3n) is 8.03. The average molecular weight is 548 g/mol. The first-order valence-electron chi connectivity index (χ1n) is 14.0. The number of rotatable bonds is 9. The van der Waals surface area contributed by atoms with Gasteiger partial charge in [0.25, 0.3) is 10.0 Å². The van der Waals surface area contributed by atoms with Gasteiger partial charge in [0.05, 0.1) is 10.6 Å². The van der Waals surface area contributed by atoms with Crippen LogP contribution in [0, 0.1) is 6.92 Å². The SMILES string of the molecule is Cc1ccc(CN(C(=O)CCCN2c3cccc4cccc(c34)S2(=O)=O)[C@@H](C)C(=O)NC2CCCCC2)cc1. The van der Waals surface area contributed by atoms with Crippen molar-refractivity contribution in [2.24, 2.45) is 0 Å². The van der Waals surface area contributed by atoms with E-state index in [0.29, 0.717) is 23.5 Å². The first-order chi connectivity index (χ1) is 18.8. The van der Waals surface area contributed by atoms with Crippen LogP contribution in [0.25, 0.3) is 10.8 Å². The van der Waals surface area contributed by atoms with Crippen LogP contribution in [0.2, 0.25) is 0 Å². The maximum absolute atomic E-state index is 13.6. The van der Waals surface area contributed by atoms with Gasteiger partial charge in [-0.2, -0.15) is 0 Å². The second-order valence-corrected chi connectivity index (χ2v) is 12.7. The number of sulfonamides is 1. The zero-order valence-corrected chi connectivity index (χ0v) is 23.5. The van der Waals surface area contributed by atoms with Crippen LogP contribution in [-0.4, -0.2) is 43.8 Å². The number of carbonyl (C=O) groups is 2. The molecule has 3 aromatic carbocycles. The molecular formula is C31H37N3O4S. The maximum Gasteiger partial charge on any atom is 0.265 e. The van der Waals surface area contributed by atoms with E-state index in [1.165, 1.54) is 10.7 Å². The summed E-state index contributed by atoms with van der Waals surface area (Å²) in [6, 6.07) is 18.4. The Hall–Kier alpha value is -3.39. The van der Waals surface area contributed by atoms with Crippen molar-refractivity contribution < 1.29 is 18.0 Å². The Morgan fingerprint density at radius 3 is 2.41 bits per heavy atom. The van der Waals surface area contributed by atoms with Gasteiger partial charge in [0, 0.05) is 30.9 Å². The van der Waals surface area contributed by atoms with Crippen molar-refractivity contribution in [1.82, 2.24) is 10.2 Å². The van der Waals surface area contributed by atoms with Crippen LogP contribution in [0.5, 0.6) is 0 Å². The molecule has 1 N–H and O–H groups in total. The van der Waals surface area contributed by atoms with Crippen molar-refractivity contribution in [3.05, 3.63) is 71.8 Å². The summed E-state index contributed by atoms with van der Waals surface area (Å²) >= 11 is 0. The van der Waals surface area contributed by atoms with Gasteiger partial charge in [0.2, 0.25) is 11.8 Å². The van der Waals surface area contributed by atoms with Gasteiger partial charge in [-0.3, -0.25) is 13.9 Å². The van der Waals surface area contributed by atoms with E-state index in [0.717, 1.165) is 47.6 Å². The van der Waals surface area contributed by atoms with Crippen LogP contribution >= 0.6 is 0 Å². The molecule has 39 heavy (non-hydrogen) atoms. The molecule has 0 spiro atoms. The minimum absolute atomic E-state index is 0.133. The summed E-state index contributed by atoms with van der Waals surface area (Å²) in [5.41, 5.74) is 2.74. The van der Waals surface area contributed by atoms with Gasteiger partial charge in [-0.1, -0.05) is 73.4 Å². The van der Waals surface area contributed by atoms with E-state index < -0.39 is 16.1 Å². The topological polar surface area (TPSA) is 86.8 Å². The highest BCUT2D eigenvalue weighted by molar-refractivity contribution is 7.93. The summed E-state index contributed by atoms with van der Waals surface area (Å²) in [6.07, 6.45) is 5.87. The maximum atomic E-state index is 13.6. The van der Waals surface area contributed by atoms with Crippen LogP contribution in [0.3, 0.4) is 0 Å². The summed E-state index contributed by atoms with van der Waals surface area (Å²) in [5, 5.41) is 4.78. The molecular weight excluding hydrogens is 510 g/mol. The number of nitrogens with one attached hydrogen (secondary N) is 1. The third-order valence-corrected chi connectivity index (χ3v) is 9.88. The van der Waals surface area contributed by atoms with Gasteiger partial charge < -0.3 is 10.2 Å². The predicted molar refractivity (Wildman–Crippen MR) is 154 cm³/mol. The molecule has 0 bridgehead atoms. The molecule has 3 aromatic rings. The highest BCUT2D eigenvalue weighted by atomic mass is 32.2. The smallest absolute Gasteiger partial charge is 0.265 e. The number of amides is 2. The van der Waals surface area contributed by atoms with Crippen molar-refractivity contribution in [2.75, 3.05) is 10.8 Å². The van der Waals surface area contributed by atoms with E-state index in [1.54, 1.807) is 24.0 Å². The predicted octanol–water partition coefficient (Wildman–Crippen LogP) is 5.30. The zero-order chi connectivity index (χ0) is 27.6. The van der Waals surface area contributed by atoms with Crippen molar-refractivity contribution in [3.8, 4) is 0 Å². The summed E-state index contributed by atoms with van der Waals surface area (Å²) in [7, 11) is -3.67. The normalized spacial score (nSPS) is 17.2. The minimum Gasteiger partial charge on any atom is -0.352 e. The molecule has 5 rings (SSSR count). The Kier molecular flexibility index (Phi) is 7.93. The van der Waals surface area contributed by atoms with E-state index in [2.05, 4.69) is 5.32 Å². The fourth-order valence-corrected chi connectivity index (χ4v) is 7.51. The third kappa shape index (κ3) is 5.66. The molecule has 1 aliphatic carbocycles. The molecule has 206 valence electrons. The number of nitrogens with zero attached hydrogens (tertiary/aromatic N) is 2. The first-order valence-corrected chi connectivity index (χ1v) is 15.4. The number of aryl methyl sites for hydroxylation is 1. The lowest BCUT2D eigenvalue weighted by Crippen LogP contribution is -2.50. The van der Waals surface area contributed by atoms with Crippen molar-refractivity contribution >= 4 is 38.3 Å². The molecule has 1 fully saturated rings. The Labute approximate surface area is 231 Å². The van der Waals surface area contributed by atoms with Crippen LogP contribution < -0.4 is 9.62 Å². The highest BCUT2D eigenvalue weighted by Gasteiger charge is 2.35. The molecule has 1 aliphatic heterocycles. The molecule has 0 saturated heterocycles. The quantitative estimate of drug-likeness (QED) is 0.394. The van der Waals surface area contributed by atoms with Crippen LogP contribution in [-0.2, 0) is 26.2 Å². The number of benzene rings is 3. The summed E-state index contributed by atoms with van der Waals surface area (Å²) < 4.78 is 28.0. The van der Waals surface area contributed by atoms with Gasteiger partial charge in [-0.05, 0) is 56.2 Å². The summed E-state index contributed by atoms with van der Waals surface area (Å²) in [5.74, 6) is -0.291. The molecule has 2 aliphatic rings. The lowest BCUT2D eigenvalue weighted by Gasteiger charge is -2.31. The first kappa shape index (κ1) is 27.2. The highest BCUT2D eigenvalue weighted by Crippen LogP contribution is 2.42. The standard InChI is InChI=1S/C31H37N3O4S/c1-22-16-18-24(19-17-22)21-33(23(2)31(36)32-26-11-4-3-5-12-26)29(35)15-8-20-34-27-13-6-9-25-10-7-14-28(30(25)27)39(34,37)38/h6-7,9-10,13-14,16-19,23,26H,3-5,8,11-12,15,20-21H2,1-2H3,(H,32,36)/t23-/m0/s1. The van der Waals surface area contributed by atoms with Crippen LogP contribution in [0.4, 0.5) is 5.69 Å². The zero-order valence-electron chi connectivity index (χ0n) is 22.7. The Morgan fingerprint density at radius 2 is 1.69 bits per heavy atom. The van der Waals surface area contributed by atoms with E-state index in [1.807, 2.05) is 55.5 Å². The van der Waals surface area contributed by atoms with Crippen molar-refractivity contribution in [3.63, 3.8) is 0 Å². The molecule has 0 aromatic heterocycles. The number of carbonyl (C=O) groups excluding carboxylic acids is 2. The Bertz CT molecular complexity index is 1460. The second kappa shape index (κ2) is 11.4. The fraction of sp³-hybridized carbons (Fsp3) is 0.419. The molecule has 1 saturated carbocycles. The number of hydrogen-bond donors (Lipinski definition) is 1. The van der Waals surface area contributed by atoms with Gasteiger partial charge in [0.1, 0.15) is 6.04 Å². The molecule has 0 unspecified atom stereocenters. The Balaban J connectivity index is 1.29. The molecule has 0 radical (unpaired) electrons. The van der Waals surface area contributed by atoms with E-state index in [4.69, 9.17) is 0 Å². The van der Waals surface area contributed by atoms with E-state index in [9.17, 15) is 18.0 Å². The lowest BCUT2D eigenvalue weighted by atomic mass is 9.95. The Morgan fingerprint density at radius 1 is 1.00 bits per heavy atom. The van der Waals surface area contributed by atoms with Crippen LogP contribution in [0.1, 0.15) is 63.0 Å². The second-order valence-electron chi connectivity index (χ2n) is 10.8.